The number of benzene rings is 1. The van der Waals surface area contributed by atoms with E-state index in [1.165, 1.54) is 12.5 Å². The van der Waals surface area contributed by atoms with E-state index in [1.54, 1.807) is 13.8 Å². The molecule has 0 saturated heterocycles. The highest BCUT2D eigenvalue weighted by molar-refractivity contribution is 5.66. The Balaban J connectivity index is 2.38. The maximum Gasteiger partial charge on any atom is 0.304 e. The molecule has 92 valence electrons. The normalized spacial score (nSPS) is 11.7. The summed E-state index contributed by atoms with van der Waals surface area (Å²) in [6.07, 6.45) is 0.834. The number of ether oxygens (including phenoxy) is 1. The highest BCUT2D eigenvalue weighted by Crippen LogP contribution is 2.11. The van der Waals surface area contributed by atoms with Gasteiger partial charge in [-0.3, -0.25) is 4.79 Å². The fourth-order valence-corrected chi connectivity index (χ4v) is 1.42. The molecule has 1 aromatic carbocycles. The van der Waals surface area contributed by atoms with Gasteiger partial charge in [0.15, 0.2) is 0 Å². The van der Waals surface area contributed by atoms with Crippen LogP contribution in [-0.2, 0) is 16.0 Å². The third-order valence-electron chi connectivity index (χ3n) is 2.05. The average molecular weight is 234 g/mol. The summed E-state index contributed by atoms with van der Waals surface area (Å²) in [4.78, 5) is 10.8. The number of hydrogen-bond acceptors (Lipinski definition) is 4. The van der Waals surface area contributed by atoms with E-state index in [0.717, 1.165) is 6.42 Å². The summed E-state index contributed by atoms with van der Waals surface area (Å²) < 4.78 is 4.99. The van der Waals surface area contributed by atoms with E-state index in [1.807, 2.05) is 30.3 Å². The molecule has 1 rings (SSSR count). The van der Waals surface area contributed by atoms with Crippen LogP contribution in [0.25, 0.3) is 0 Å². The molecule has 4 heteroatoms. The van der Waals surface area contributed by atoms with Crippen LogP contribution in [0.15, 0.2) is 40.6 Å². The molecule has 0 aliphatic carbocycles. The second-order valence-corrected chi connectivity index (χ2v) is 4.24. The number of nitrogens with zero attached hydrogens (tertiary/aromatic N) is 2. The smallest absolute Gasteiger partial charge is 0.304 e. The summed E-state index contributed by atoms with van der Waals surface area (Å²) in [5.41, 5.74) is 0.347. The third kappa shape index (κ3) is 5.80. The Labute approximate surface area is 102 Å². The van der Waals surface area contributed by atoms with Crippen molar-refractivity contribution in [2.24, 2.45) is 10.2 Å². The molecule has 0 aliphatic heterocycles. The maximum absolute atomic E-state index is 10.8. The zero-order valence-electron chi connectivity index (χ0n) is 10.5. The number of azo groups is 1. The Morgan fingerprint density at radius 3 is 2.53 bits per heavy atom. The van der Waals surface area contributed by atoms with Crippen LogP contribution in [0.5, 0.6) is 0 Å². The van der Waals surface area contributed by atoms with Crippen LogP contribution in [0.4, 0.5) is 0 Å². The van der Waals surface area contributed by atoms with Gasteiger partial charge >= 0.3 is 5.97 Å². The summed E-state index contributed by atoms with van der Waals surface area (Å²) in [5.74, 6) is -0.350. The minimum Gasteiger partial charge on any atom is -0.436 e. The lowest BCUT2D eigenvalue weighted by atomic mass is 10.2. The molecule has 0 spiro atoms. The van der Waals surface area contributed by atoms with Crippen LogP contribution in [-0.4, -0.2) is 18.2 Å². The molecule has 0 heterocycles. The molecule has 0 amide bonds. The van der Waals surface area contributed by atoms with Gasteiger partial charge in [0.05, 0.1) is 6.54 Å². The molecule has 1 aromatic rings. The molecular weight excluding hydrogens is 216 g/mol. The highest BCUT2D eigenvalue weighted by atomic mass is 16.6. The molecule has 0 saturated carbocycles. The van der Waals surface area contributed by atoms with Gasteiger partial charge in [-0.25, -0.2) is 0 Å². The van der Waals surface area contributed by atoms with Gasteiger partial charge in [0.1, 0.15) is 0 Å². The monoisotopic (exact) mass is 234 g/mol. The number of carbonyl (C=O) groups is 1. The summed E-state index contributed by atoms with van der Waals surface area (Å²) in [6, 6.07) is 10.1. The Morgan fingerprint density at radius 1 is 1.29 bits per heavy atom. The molecule has 0 N–H and O–H groups in total. The largest absolute Gasteiger partial charge is 0.436 e. The van der Waals surface area contributed by atoms with Gasteiger partial charge in [0.2, 0.25) is 5.72 Å². The van der Waals surface area contributed by atoms with Crippen LogP contribution in [0.1, 0.15) is 26.3 Å². The van der Waals surface area contributed by atoms with Crippen LogP contribution in [0, 0.1) is 0 Å². The molecule has 0 aromatic heterocycles. The van der Waals surface area contributed by atoms with Crippen molar-refractivity contribution in [2.45, 2.75) is 32.9 Å². The van der Waals surface area contributed by atoms with Gasteiger partial charge in [-0.15, -0.1) is 5.11 Å². The molecule has 0 bridgehead atoms. The van der Waals surface area contributed by atoms with Gasteiger partial charge in [-0.05, 0) is 25.8 Å². The summed E-state index contributed by atoms with van der Waals surface area (Å²) in [7, 11) is 0. The zero-order chi connectivity index (χ0) is 12.7. The van der Waals surface area contributed by atoms with E-state index in [4.69, 9.17) is 4.74 Å². The van der Waals surface area contributed by atoms with Gasteiger partial charge in [0, 0.05) is 6.92 Å². The predicted octanol–water partition coefficient (Wildman–Crippen LogP) is 2.98. The van der Waals surface area contributed by atoms with E-state index < -0.39 is 5.72 Å². The van der Waals surface area contributed by atoms with Crippen molar-refractivity contribution in [3.8, 4) is 0 Å². The van der Waals surface area contributed by atoms with Crippen LogP contribution in [0.2, 0.25) is 0 Å². The van der Waals surface area contributed by atoms with Gasteiger partial charge < -0.3 is 4.74 Å². The van der Waals surface area contributed by atoms with Gasteiger partial charge in [0.25, 0.3) is 0 Å². The van der Waals surface area contributed by atoms with E-state index in [9.17, 15) is 4.79 Å². The van der Waals surface area contributed by atoms with Crippen LogP contribution < -0.4 is 0 Å². The van der Waals surface area contributed by atoms with Crippen molar-refractivity contribution in [3.05, 3.63) is 35.9 Å². The van der Waals surface area contributed by atoms with Crippen molar-refractivity contribution >= 4 is 5.97 Å². The van der Waals surface area contributed by atoms with E-state index in [0.29, 0.717) is 6.54 Å². The average Bonchev–Trinajstić information content (AvgIpc) is 2.24. The van der Waals surface area contributed by atoms with Crippen molar-refractivity contribution in [2.75, 3.05) is 6.54 Å². The minimum atomic E-state index is -0.872. The Kier molecular flexibility index (Phi) is 4.82. The van der Waals surface area contributed by atoms with Crippen LogP contribution >= 0.6 is 0 Å². The summed E-state index contributed by atoms with van der Waals surface area (Å²) in [6.45, 7) is 5.37. The fourth-order valence-electron chi connectivity index (χ4n) is 1.42. The van der Waals surface area contributed by atoms with Crippen molar-refractivity contribution in [1.29, 1.82) is 0 Å². The number of carbonyl (C=O) groups excluding carboxylic acids is 1. The molecule has 0 atom stereocenters. The number of esters is 1. The zero-order valence-corrected chi connectivity index (χ0v) is 10.5. The first kappa shape index (κ1) is 13.4. The molecule has 0 unspecified atom stereocenters. The quantitative estimate of drug-likeness (QED) is 0.581. The first-order chi connectivity index (χ1) is 7.99. The maximum atomic E-state index is 10.8. The first-order valence-electron chi connectivity index (χ1n) is 5.62. The van der Waals surface area contributed by atoms with E-state index >= 15 is 0 Å². The van der Waals surface area contributed by atoms with Crippen molar-refractivity contribution in [1.82, 2.24) is 0 Å². The second-order valence-electron chi connectivity index (χ2n) is 4.24. The minimum absolute atomic E-state index is 0.350. The van der Waals surface area contributed by atoms with Gasteiger partial charge in [-0.2, -0.15) is 5.11 Å². The fraction of sp³-hybridized carbons (Fsp3) is 0.462. The summed E-state index contributed by atoms with van der Waals surface area (Å²) in [5, 5.41) is 8.03. The second kappa shape index (κ2) is 6.13. The molecule has 0 fully saturated rings. The molecular formula is C13H18N2O2. The molecule has 0 aliphatic rings. The Morgan fingerprint density at radius 2 is 1.94 bits per heavy atom. The topological polar surface area (TPSA) is 51.0 Å². The number of rotatable bonds is 5. The predicted molar refractivity (Wildman–Crippen MR) is 65.7 cm³/mol. The first-order valence-corrected chi connectivity index (χ1v) is 5.62. The Hall–Kier alpha value is -1.71. The lowest BCUT2D eigenvalue weighted by Crippen LogP contribution is -2.23. The summed E-state index contributed by atoms with van der Waals surface area (Å²) >= 11 is 0. The molecule has 0 radical (unpaired) electrons. The standard InChI is InChI=1S/C13H18N2O2/c1-11(16)17-13(2,3)15-14-10-9-12-7-5-4-6-8-12/h4-8H,9-10H2,1-3H3. The Bertz CT molecular complexity index is 386. The lowest BCUT2D eigenvalue weighted by molar-refractivity contribution is -0.153. The third-order valence-corrected chi connectivity index (χ3v) is 2.05. The van der Waals surface area contributed by atoms with E-state index in [2.05, 4.69) is 10.2 Å². The SMILES string of the molecule is CC(=O)OC(C)(C)N=NCCc1ccccc1. The highest BCUT2D eigenvalue weighted by Gasteiger charge is 2.19. The van der Waals surface area contributed by atoms with Crippen molar-refractivity contribution < 1.29 is 9.53 Å². The van der Waals surface area contributed by atoms with E-state index in [-0.39, 0.29) is 5.97 Å². The van der Waals surface area contributed by atoms with Crippen molar-refractivity contribution in [3.63, 3.8) is 0 Å². The van der Waals surface area contributed by atoms with Gasteiger partial charge in [-0.1, -0.05) is 30.3 Å². The van der Waals surface area contributed by atoms with Crippen LogP contribution in [0.3, 0.4) is 0 Å². The molecule has 17 heavy (non-hydrogen) atoms. The lowest BCUT2D eigenvalue weighted by Gasteiger charge is -2.17. The number of hydrogen-bond donors (Lipinski definition) is 0. The molecule has 4 nitrogen and oxygen atoms in total.